The van der Waals surface area contributed by atoms with Gasteiger partial charge in [-0.05, 0) is 49.2 Å². The van der Waals surface area contributed by atoms with Gasteiger partial charge in [0.05, 0.1) is 12.2 Å². The van der Waals surface area contributed by atoms with Gasteiger partial charge in [0.25, 0.3) is 0 Å². The average Bonchev–Trinajstić information content (AvgIpc) is 3.21. The van der Waals surface area contributed by atoms with Crippen molar-refractivity contribution in [3.05, 3.63) is 23.8 Å². The Morgan fingerprint density at radius 1 is 1.32 bits per heavy atom. The second-order valence-corrected chi connectivity index (χ2v) is 6.19. The lowest BCUT2D eigenvalue weighted by atomic mass is 10.2. The van der Waals surface area contributed by atoms with Crippen LogP contribution in [0.1, 0.15) is 18.4 Å². The summed E-state index contributed by atoms with van der Waals surface area (Å²) in [5, 5.41) is 4.86. The number of thioether (sulfide) groups is 1. The van der Waals surface area contributed by atoms with Gasteiger partial charge in [-0.25, -0.2) is 0 Å². The minimum absolute atomic E-state index is 0.0245. The molecule has 0 aromatic heterocycles. The lowest BCUT2D eigenvalue weighted by Gasteiger charge is -2.13. The first-order valence-corrected chi connectivity index (χ1v) is 7.50. The second kappa shape index (κ2) is 6.60. The van der Waals surface area contributed by atoms with Gasteiger partial charge in [-0.15, -0.1) is 0 Å². The summed E-state index contributed by atoms with van der Waals surface area (Å²) < 4.78 is 37.6. The van der Waals surface area contributed by atoms with Gasteiger partial charge >= 0.3 is 5.51 Å². The van der Waals surface area contributed by atoms with E-state index in [1.165, 1.54) is 12.1 Å². The normalized spacial score (nSPS) is 14.5. The summed E-state index contributed by atoms with van der Waals surface area (Å²) in [5.41, 5.74) is -3.70. The minimum Gasteiger partial charge on any atom is -0.347 e. The van der Waals surface area contributed by atoms with E-state index in [0.29, 0.717) is 5.56 Å². The summed E-state index contributed by atoms with van der Waals surface area (Å²) in [7, 11) is 0. The molecule has 0 aliphatic heterocycles. The maximum absolute atomic E-state index is 12.5. The Labute approximate surface area is 129 Å². The molecule has 1 aromatic rings. The quantitative estimate of drug-likeness (QED) is 0.815. The zero-order valence-electron chi connectivity index (χ0n) is 11.8. The van der Waals surface area contributed by atoms with Gasteiger partial charge in [-0.3, -0.25) is 9.59 Å². The molecule has 0 unspecified atom stereocenters. The Hall–Kier alpha value is -1.70. The molecule has 0 atom stereocenters. The molecule has 0 heterocycles. The smallest absolute Gasteiger partial charge is 0.347 e. The SMILES string of the molecule is Cc1ccc(NC(=O)CNC(=O)C2CC2)c(SC(F)(F)F)c1. The van der Waals surface area contributed by atoms with Gasteiger partial charge in [-0.2, -0.15) is 13.2 Å². The van der Waals surface area contributed by atoms with Crippen molar-refractivity contribution in [1.29, 1.82) is 0 Å². The van der Waals surface area contributed by atoms with Crippen molar-refractivity contribution in [3.8, 4) is 0 Å². The molecular weight excluding hydrogens is 317 g/mol. The molecular formula is C14H15F3N2O2S. The van der Waals surface area contributed by atoms with Crippen LogP contribution < -0.4 is 10.6 Å². The molecule has 1 fully saturated rings. The Morgan fingerprint density at radius 2 is 2.00 bits per heavy atom. The fourth-order valence-electron chi connectivity index (χ4n) is 1.79. The van der Waals surface area contributed by atoms with E-state index in [0.717, 1.165) is 12.8 Å². The predicted molar refractivity (Wildman–Crippen MR) is 77.5 cm³/mol. The molecule has 4 nitrogen and oxygen atoms in total. The molecule has 2 rings (SSSR count). The molecule has 120 valence electrons. The molecule has 1 aromatic carbocycles. The third-order valence-electron chi connectivity index (χ3n) is 3.01. The molecule has 1 saturated carbocycles. The van der Waals surface area contributed by atoms with Crippen molar-refractivity contribution in [2.24, 2.45) is 5.92 Å². The van der Waals surface area contributed by atoms with Crippen molar-refractivity contribution in [2.75, 3.05) is 11.9 Å². The van der Waals surface area contributed by atoms with E-state index in [-0.39, 0.29) is 40.7 Å². The first kappa shape index (κ1) is 16.7. The largest absolute Gasteiger partial charge is 0.446 e. The number of nitrogens with one attached hydrogen (secondary N) is 2. The molecule has 0 bridgehead atoms. The minimum atomic E-state index is -4.44. The van der Waals surface area contributed by atoms with Crippen LogP contribution in [0.3, 0.4) is 0 Å². The van der Waals surface area contributed by atoms with Crippen molar-refractivity contribution in [1.82, 2.24) is 5.32 Å². The number of hydrogen-bond acceptors (Lipinski definition) is 3. The molecule has 1 aliphatic carbocycles. The number of carbonyl (C=O) groups excluding carboxylic acids is 2. The summed E-state index contributed by atoms with van der Waals surface area (Å²) in [5.74, 6) is -0.769. The van der Waals surface area contributed by atoms with E-state index in [1.807, 2.05) is 0 Å². The number of halogens is 3. The topological polar surface area (TPSA) is 58.2 Å². The van der Waals surface area contributed by atoms with Crippen molar-refractivity contribution < 1.29 is 22.8 Å². The lowest BCUT2D eigenvalue weighted by molar-refractivity contribution is -0.125. The number of aryl methyl sites for hydroxylation is 1. The Kier molecular flexibility index (Phi) is 5.00. The summed E-state index contributed by atoms with van der Waals surface area (Å²) in [4.78, 5) is 23.1. The molecule has 22 heavy (non-hydrogen) atoms. The highest BCUT2D eigenvalue weighted by Crippen LogP contribution is 2.40. The van der Waals surface area contributed by atoms with Crippen LogP contribution in [0.4, 0.5) is 18.9 Å². The Bertz CT molecular complexity index is 586. The van der Waals surface area contributed by atoms with E-state index in [2.05, 4.69) is 10.6 Å². The van der Waals surface area contributed by atoms with E-state index in [1.54, 1.807) is 13.0 Å². The molecule has 2 amide bonds. The maximum atomic E-state index is 12.5. The van der Waals surface area contributed by atoms with Crippen molar-refractivity contribution in [3.63, 3.8) is 0 Å². The van der Waals surface area contributed by atoms with Crippen molar-refractivity contribution in [2.45, 2.75) is 30.2 Å². The number of alkyl halides is 3. The zero-order chi connectivity index (χ0) is 16.3. The van der Waals surface area contributed by atoms with Crippen LogP contribution in [0, 0.1) is 12.8 Å². The van der Waals surface area contributed by atoms with Crippen LogP contribution in [0.15, 0.2) is 23.1 Å². The van der Waals surface area contributed by atoms with E-state index in [4.69, 9.17) is 0 Å². The van der Waals surface area contributed by atoms with Crippen LogP contribution in [0.25, 0.3) is 0 Å². The fourth-order valence-corrected chi connectivity index (χ4v) is 2.52. The van der Waals surface area contributed by atoms with Crippen LogP contribution in [0.5, 0.6) is 0 Å². The lowest BCUT2D eigenvalue weighted by Crippen LogP contribution is -2.33. The zero-order valence-corrected chi connectivity index (χ0v) is 12.6. The van der Waals surface area contributed by atoms with Gasteiger partial charge in [0.15, 0.2) is 0 Å². The number of anilines is 1. The highest BCUT2D eigenvalue weighted by atomic mass is 32.2. The first-order valence-electron chi connectivity index (χ1n) is 6.68. The summed E-state index contributed by atoms with van der Waals surface area (Å²) >= 11 is -0.279. The second-order valence-electron chi connectivity index (χ2n) is 5.09. The summed E-state index contributed by atoms with van der Waals surface area (Å²) in [6.45, 7) is 1.42. The Balaban J connectivity index is 1.98. The van der Waals surface area contributed by atoms with Crippen LogP contribution in [0.2, 0.25) is 0 Å². The maximum Gasteiger partial charge on any atom is 0.446 e. The molecule has 0 spiro atoms. The van der Waals surface area contributed by atoms with Crippen LogP contribution in [-0.2, 0) is 9.59 Å². The molecule has 8 heteroatoms. The number of amides is 2. The van der Waals surface area contributed by atoms with E-state index >= 15 is 0 Å². The standard InChI is InChI=1S/C14H15F3N2O2S/c1-8-2-5-10(11(6-8)22-14(15,16)17)19-12(20)7-18-13(21)9-3-4-9/h2,5-6,9H,3-4,7H2,1H3,(H,18,21)(H,19,20). The van der Waals surface area contributed by atoms with Crippen LogP contribution in [-0.4, -0.2) is 23.9 Å². The number of rotatable bonds is 5. The fraction of sp³-hybridized carbons (Fsp3) is 0.429. The number of hydrogen-bond donors (Lipinski definition) is 2. The van der Waals surface area contributed by atoms with E-state index in [9.17, 15) is 22.8 Å². The third-order valence-corrected chi connectivity index (χ3v) is 3.80. The Morgan fingerprint density at radius 3 is 2.59 bits per heavy atom. The predicted octanol–water partition coefficient (Wildman–Crippen LogP) is 3.07. The van der Waals surface area contributed by atoms with Gasteiger partial charge in [0.1, 0.15) is 0 Å². The highest BCUT2D eigenvalue weighted by molar-refractivity contribution is 8.00. The molecule has 1 aliphatic rings. The van der Waals surface area contributed by atoms with E-state index < -0.39 is 11.4 Å². The van der Waals surface area contributed by atoms with Gasteiger partial charge in [0.2, 0.25) is 11.8 Å². The summed E-state index contributed by atoms with van der Waals surface area (Å²) in [6, 6.07) is 4.39. The third kappa shape index (κ3) is 5.25. The molecule has 0 radical (unpaired) electrons. The molecule has 0 saturated heterocycles. The number of benzene rings is 1. The molecule has 2 N–H and O–H groups in total. The average molecular weight is 332 g/mol. The highest BCUT2D eigenvalue weighted by Gasteiger charge is 2.31. The summed E-state index contributed by atoms with van der Waals surface area (Å²) in [6.07, 6.45) is 1.63. The van der Waals surface area contributed by atoms with Gasteiger partial charge < -0.3 is 10.6 Å². The number of carbonyl (C=O) groups is 2. The monoisotopic (exact) mass is 332 g/mol. The van der Waals surface area contributed by atoms with Gasteiger partial charge in [-0.1, -0.05) is 6.07 Å². The first-order chi connectivity index (χ1) is 10.2. The van der Waals surface area contributed by atoms with Gasteiger partial charge in [0, 0.05) is 10.8 Å². The van der Waals surface area contributed by atoms with Crippen molar-refractivity contribution >= 4 is 29.3 Å². The van der Waals surface area contributed by atoms with Crippen LogP contribution >= 0.6 is 11.8 Å².